The second-order valence-electron chi connectivity index (χ2n) is 5.82. The molecule has 0 bridgehead atoms. The number of anilines is 1. The number of sulfone groups is 1. The molecule has 0 unspecified atom stereocenters. The highest BCUT2D eigenvalue weighted by atomic mass is 35.5. The molecule has 0 aliphatic heterocycles. The Hall–Kier alpha value is -2.33. The van der Waals surface area contributed by atoms with E-state index >= 15 is 0 Å². The zero-order chi connectivity index (χ0) is 22.6. The number of benzene rings is 1. The first-order valence-electron chi connectivity index (χ1n) is 9.15. The fourth-order valence-corrected chi connectivity index (χ4v) is 3.00. The summed E-state index contributed by atoms with van der Waals surface area (Å²) in [7, 11) is -3.24. The number of rotatable bonds is 6. The van der Waals surface area contributed by atoms with Crippen molar-refractivity contribution in [3.05, 3.63) is 24.3 Å². The molecule has 1 aromatic rings. The molecule has 9 nitrogen and oxygen atoms in total. The van der Waals surface area contributed by atoms with Gasteiger partial charge in [0.1, 0.15) is 0 Å². The Morgan fingerprint density at radius 3 is 1.72 bits per heavy atom. The van der Waals surface area contributed by atoms with Gasteiger partial charge >= 0.3 is 11.4 Å². The van der Waals surface area contributed by atoms with Crippen LogP contribution in [-0.4, -0.2) is 68.0 Å². The average molecular weight is 448 g/mol. The van der Waals surface area contributed by atoms with E-state index in [1.54, 1.807) is 9.80 Å². The van der Waals surface area contributed by atoms with Gasteiger partial charge in [0.25, 0.3) is 0 Å². The molecule has 0 spiro atoms. The van der Waals surface area contributed by atoms with Gasteiger partial charge in [-0.15, -0.1) is 0 Å². The van der Waals surface area contributed by atoms with Crippen LogP contribution in [0.5, 0.6) is 0 Å². The summed E-state index contributed by atoms with van der Waals surface area (Å²) in [5, 5.41) is 12.4. The van der Waals surface area contributed by atoms with Crippen LogP contribution in [0.2, 0.25) is 0 Å². The minimum atomic E-state index is -3.24. The number of hydrogen-bond acceptors (Lipinski definition) is 5. The molecule has 0 aliphatic carbocycles. The Morgan fingerprint density at radius 1 is 0.966 bits per heavy atom. The summed E-state index contributed by atoms with van der Waals surface area (Å²) in [5.74, 6) is -0.168. The largest absolute Gasteiger partial charge is 0.330 e. The molecule has 29 heavy (non-hydrogen) atoms. The molecule has 0 saturated heterocycles. The van der Waals surface area contributed by atoms with Crippen molar-refractivity contribution in [2.24, 2.45) is 0 Å². The van der Waals surface area contributed by atoms with E-state index in [0.717, 1.165) is 6.26 Å². The molecule has 11 heteroatoms. The van der Waals surface area contributed by atoms with Crippen molar-refractivity contribution in [1.29, 1.82) is 5.41 Å². The van der Waals surface area contributed by atoms with E-state index in [2.05, 4.69) is 10.6 Å². The second kappa shape index (κ2) is 13.0. The molecule has 0 atom stereocenters. The maximum atomic E-state index is 11.7. The Bertz CT molecular complexity index is 776. The SMILES string of the molecule is CCN(CC)C(=O)Cl.CCN(CC)C(=O)NC(=N)Nc1ccc(S(C)(=O)=O)cc1. The number of halogens is 1. The Morgan fingerprint density at radius 2 is 1.41 bits per heavy atom. The number of urea groups is 1. The Kier molecular flexibility index (Phi) is 12.0. The van der Waals surface area contributed by atoms with Gasteiger partial charge in [-0.25, -0.2) is 13.2 Å². The van der Waals surface area contributed by atoms with Gasteiger partial charge in [0.15, 0.2) is 9.84 Å². The first-order valence-corrected chi connectivity index (χ1v) is 11.4. The highest BCUT2D eigenvalue weighted by Gasteiger charge is 2.11. The van der Waals surface area contributed by atoms with Gasteiger partial charge in [-0.05, 0) is 63.6 Å². The van der Waals surface area contributed by atoms with Crippen LogP contribution in [0.4, 0.5) is 15.3 Å². The van der Waals surface area contributed by atoms with Gasteiger partial charge in [0, 0.05) is 38.1 Å². The van der Waals surface area contributed by atoms with Crippen molar-refractivity contribution < 1.29 is 18.0 Å². The predicted octanol–water partition coefficient (Wildman–Crippen LogP) is 3.18. The molecule has 0 aromatic heterocycles. The van der Waals surface area contributed by atoms with Crippen molar-refractivity contribution in [3.8, 4) is 0 Å². The minimum absolute atomic E-state index is 0.168. The van der Waals surface area contributed by atoms with E-state index in [0.29, 0.717) is 31.9 Å². The van der Waals surface area contributed by atoms with Crippen LogP contribution in [-0.2, 0) is 9.84 Å². The lowest BCUT2D eigenvalue weighted by atomic mass is 10.3. The number of guanidine groups is 1. The lowest BCUT2D eigenvalue weighted by Crippen LogP contribution is -2.44. The van der Waals surface area contributed by atoms with Crippen LogP contribution in [0, 0.1) is 5.41 Å². The van der Waals surface area contributed by atoms with Crippen molar-refractivity contribution in [1.82, 2.24) is 15.1 Å². The number of nitrogens with zero attached hydrogens (tertiary/aromatic N) is 2. The van der Waals surface area contributed by atoms with Crippen LogP contribution in [0.15, 0.2) is 29.2 Å². The van der Waals surface area contributed by atoms with E-state index in [1.165, 1.54) is 24.3 Å². The van der Waals surface area contributed by atoms with Crippen molar-refractivity contribution in [2.75, 3.05) is 37.8 Å². The molecule has 0 radical (unpaired) electrons. The summed E-state index contributed by atoms with van der Waals surface area (Å²) in [6, 6.07) is 5.60. The van der Waals surface area contributed by atoms with Crippen LogP contribution in [0.25, 0.3) is 0 Å². The van der Waals surface area contributed by atoms with Crippen LogP contribution in [0.3, 0.4) is 0 Å². The third kappa shape index (κ3) is 10.1. The maximum Gasteiger partial charge on any atom is 0.324 e. The third-order valence-corrected chi connectivity index (χ3v) is 5.21. The standard InChI is InChI=1S/C13H20N4O3S.C5H10ClNO/c1-4-17(5-2)13(18)16-12(14)15-10-6-8-11(9-7-10)21(3,19)20;1-3-7(4-2)5(6)8/h6-9H,4-5H2,1-3H3,(H3,14,15,16,18);3-4H2,1-2H3. The molecule has 0 fully saturated rings. The van der Waals surface area contributed by atoms with Gasteiger partial charge in [-0.1, -0.05) is 0 Å². The van der Waals surface area contributed by atoms with Gasteiger partial charge in [0.05, 0.1) is 4.90 Å². The fourth-order valence-electron chi connectivity index (χ4n) is 2.13. The first-order chi connectivity index (χ1) is 13.5. The third-order valence-electron chi connectivity index (χ3n) is 3.85. The Balaban J connectivity index is 0.000000828. The normalized spacial score (nSPS) is 10.3. The quantitative estimate of drug-likeness (QED) is 0.267. The number of nitrogens with one attached hydrogen (secondary N) is 3. The van der Waals surface area contributed by atoms with Crippen molar-refractivity contribution >= 4 is 44.5 Å². The van der Waals surface area contributed by atoms with Crippen LogP contribution in [0.1, 0.15) is 27.7 Å². The molecule has 0 saturated carbocycles. The molecule has 0 aliphatic rings. The summed E-state index contributed by atoms with van der Waals surface area (Å²) in [6.45, 7) is 9.98. The average Bonchev–Trinajstić information content (AvgIpc) is 2.63. The van der Waals surface area contributed by atoms with E-state index in [9.17, 15) is 18.0 Å². The molecule has 3 N–H and O–H groups in total. The highest BCUT2D eigenvalue weighted by molar-refractivity contribution is 7.90. The fraction of sp³-hybridized carbons (Fsp3) is 0.500. The molecular weight excluding hydrogens is 418 g/mol. The van der Waals surface area contributed by atoms with Gasteiger partial charge < -0.3 is 15.1 Å². The Labute approximate surface area is 177 Å². The molecule has 1 rings (SSSR count). The van der Waals surface area contributed by atoms with Crippen molar-refractivity contribution in [3.63, 3.8) is 0 Å². The molecule has 1 aromatic carbocycles. The molecule has 3 amide bonds. The summed E-state index contributed by atoms with van der Waals surface area (Å²) in [4.78, 5) is 25.3. The van der Waals surface area contributed by atoms with Gasteiger partial charge in [-0.3, -0.25) is 15.5 Å². The highest BCUT2D eigenvalue weighted by Crippen LogP contribution is 2.13. The van der Waals surface area contributed by atoms with E-state index in [4.69, 9.17) is 17.0 Å². The smallest absolute Gasteiger partial charge is 0.324 e. The summed E-state index contributed by atoms with van der Waals surface area (Å²) >= 11 is 5.13. The van der Waals surface area contributed by atoms with Crippen molar-refractivity contribution in [2.45, 2.75) is 32.6 Å². The van der Waals surface area contributed by atoms with E-state index in [1.807, 2.05) is 27.7 Å². The lowest BCUT2D eigenvalue weighted by molar-refractivity contribution is 0.208. The lowest BCUT2D eigenvalue weighted by Gasteiger charge is -2.19. The number of carbonyl (C=O) groups is 2. The first kappa shape index (κ1) is 26.7. The van der Waals surface area contributed by atoms with Crippen LogP contribution < -0.4 is 10.6 Å². The molecule has 0 heterocycles. The van der Waals surface area contributed by atoms with E-state index < -0.39 is 9.84 Å². The monoisotopic (exact) mass is 447 g/mol. The summed E-state index contributed by atoms with van der Waals surface area (Å²) < 4.78 is 22.7. The zero-order valence-electron chi connectivity index (χ0n) is 17.5. The van der Waals surface area contributed by atoms with Gasteiger partial charge in [0.2, 0.25) is 5.96 Å². The maximum absolute atomic E-state index is 11.7. The molecular formula is C18H30ClN5O4S. The number of carbonyl (C=O) groups excluding carboxylic acids is 2. The number of amides is 3. The van der Waals surface area contributed by atoms with Crippen LogP contribution >= 0.6 is 11.6 Å². The van der Waals surface area contributed by atoms with Gasteiger partial charge in [-0.2, -0.15) is 0 Å². The minimum Gasteiger partial charge on any atom is -0.330 e. The molecule has 164 valence electrons. The summed E-state index contributed by atoms with van der Waals surface area (Å²) in [6.07, 6.45) is 1.13. The second-order valence-corrected chi connectivity index (χ2v) is 8.16. The summed E-state index contributed by atoms with van der Waals surface area (Å²) in [5.41, 5.74) is 0.521. The topological polar surface area (TPSA) is 123 Å². The predicted molar refractivity (Wildman–Crippen MR) is 117 cm³/mol. The zero-order valence-corrected chi connectivity index (χ0v) is 19.0. The number of hydrogen-bond donors (Lipinski definition) is 3. The van der Waals surface area contributed by atoms with E-state index in [-0.39, 0.29) is 22.3 Å².